The second-order valence-electron chi connectivity index (χ2n) is 6.77. The summed E-state index contributed by atoms with van der Waals surface area (Å²) in [5.74, 6) is -2.62. The number of nitrogens with one attached hydrogen (secondary N) is 1. The van der Waals surface area contributed by atoms with Crippen molar-refractivity contribution in [2.24, 2.45) is 0 Å². The quantitative estimate of drug-likeness (QED) is 0.567. The van der Waals surface area contributed by atoms with Gasteiger partial charge in [-0.15, -0.1) is 0 Å². The minimum Gasteiger partial charge on any atom is -0.478 e. The Morgan fingerprint density at radius 1 is 1.23 bits per heavy atom. The monoisotopic (exact) mass is 414 g/mol. The molecule has 2 N–H and O–H groups in total. The van der Waals surface area contributed by atoms with Crippen molar-refractivity contribution in [3.05, 3.63) is 70.4 Å². The number of aryl methyl sites for hydroxylation is 1. The van der Waals surface area contributed by atoms with Crippen LogP contribution in [0.5, 0.6) is 5.88 Å². The highest BCUT2D eigenvalue weighted by molar-refractivity contribution is 6.17. The third-order valence-electron chi connectivity index (χ3n) is 4.72. The Balaban J connectivity index is 2.13. The van der Waals surface area contributed by atoms with Gasteiger partial charge in [-0.2, -0.15) is 0 Å². The van der Waals surface area contributed by atoms with E-state index in [0.29, 0.717) is 28.8 Å². The highest BCUT2D eigenvalue weighted by Gasteiger charge is 2.24. The summed E-state index contributed by atoms with van der Waals surface area (Å²) in [5, 5.41) is 12.0. The van der Waals surface area contributed by atoms with Crippen LogP contribution in [-0.2, 0) is 0 Å². The number of rotatable bonds is 6. The summed E-state index contributed by atoms with van der Waals surface area (Å²) < 4.78 is 35.1. The first-order valence-corrected chi connectivity index (χ1v) is 9.28. The number of aromatic nitrogens is 1. The molecule has 6 nitrogen and oxygen atoms in total. The molecule has 8 heteroatoms. The molecular formula is C22H20F2N2O4. The van der Waals surface area contributed by atoms with Gasteiger partial charge in [0.25, 0.3) is 0 Å². The van der Waals surface area contributed by atoms with E-state index in [1.807, 2.05) is 0 Å². The van der Waals surface area contributed by atoms with Crippen molar-refractivity contribution in [1.82, 2.24) is 10.3 Å². The molecule has 0 aliphatic heterocycles. The molecule has 0 bridgehead atoms. The van der Waals surface area contributed by atoms with Gasteiger partial charge in [-0.05, 0) is 50.1 Å². The van der Waals surface area contributed by atoms with Crippen molar-refractivity contribution < 1.29 is 28.2 Å². The lowest BCUT2D eigenvalue weighted by atomic mass is 9.94. The summed E-state index contributed by atoms with van der Waals surface area (Å²) in [4.78, 5) is 28.1. The maximum absolute atomic E-state index is 14.8. The summed E-state index contributed by atoms with van der Waals surface area (Å²) in [7, 11) is 0. The number of pyridine rings is 1. The van der Waals surface area contributed by atoms with Crippen LogP contribution in [0.2, 0.25) is 0 Å². The van der Waals surface area contributed by atoms with Crippen molar-refractivity contribution in [3.8, 4) is 5.88 Å². The Bertz CT molecular complexity index is 1120. The molecule has 1 atom stereocenters. The van der Waals surface area contributed by atoms with E-state index in [-0.39, 0.29) is 11.1 Å². The van der Waals surface area contributed by atoms with Crippen LogP contribution >= 0.6 is 0 Å². The van der Waals surface area contributed by atoms with Crippen LogP contribution in [0.3, 0.4) is 0 Å². The zero-order chi connectivity index (χ0) is 22.0. The van der Waals surface area contributed by atoms with Crippen molar-refractivity contribution in [1.29, 1.82) is 0 Å². The van der Waals surface area contributed by atoms with Gasteiger partial charge in [0.05, 0.1) is 18.2 Å². The fourth-order valence-electron chi connectivity index (χ4n) is 3.35. The smallest absolute Gasteiger partial charge is 0.405 e. The van der Waals surface area contributed by atoms with E-state index in [1.165, 1.54) is 13.0 Å². The Morgan fingerprint density at radius 2 is 1.90 bits per heavy atom. The number of hydrogen-bond donors (Lipinski definition) is 2. The SMILES string of the molecule is CCOc1ncc(C)c2c(C(=O)c3c(F)cc([C@H](C)NC(=O)O)cc3F)cccc12. The lowest BCUT2D eigenvalue weighted by molar-refractivity contribution is 0.103. The van der Waals surface area contributed by atoms with Gasteiger partial charge in [-0.3, -0.25) is 4.79 Å². The Morgan fingerprint density at radius 3 is 2.50 bits per heavy atom. The van der Waals surface area contributed by atoms with Crippen molar-refractivity contribution in [2.45, 2.75) is 26.8 Å². The summed E-state index contributed by atoms with van der Waals surface area (Å²) in [6.45, 7) is 5.36. The van der Waals surface area contributed by atoms with Gasteiger partial charge in [0.2, 0.25) is 5.88 Å². The lowest BCUT2D eigenvalue weighted by Gasteiger charge is -2.15. The molecule has 0 aliphatic carbocycles. The molecular weight excluding hydrogens is 394 g/mol. The van der Waals surface area contributed by atoms with E-state index in [2.05, 4.69) is 10.3 Å². The van der Waals surface area contributed by atoms with Gasteiger partial charge in [-0.25, -0.2) is 18.6 Å². The number of ketones is 1. The number of hydrogen-bond acceptors (Lipinski definition) is 4. The van der Waals surface area contributed by atoms with Crippen molar-refractivity contribution in [3.63, 3.8) is 0 Å². The number of carbonyl (C=O) groups is 2. The highest BCUT2D eigenvalue weighted by Crippen LogP contribution is 2.31. The molecule has 0 aliphatic rings. The molecule has 0 fully saturated rings. The average Bonchev–Trinajstić information content (AvgIpc) is 2.68. The van der Waals surface area contributed by atoms with Crippen LogP contribution in [0.25, 0.3) is 10.8 Å². The Kier molecular flexibility index (Phi) is 5.96. The Labute approximate surface area is 171 Å². The predicted octanol–water partition coefficient (Wildman–Crippen LogP) is 4.78. The van der Waals surface area contributed by atoms with E-state index in [9.17, 15) is 18.4 Å². The Hall–Kier alpha value is -3.55. The number of halogens is 2. The van der Waals surface area contributed by atoms with Gasteiger partial charge < -0.3 is 15.2 Å². The van der Waals surface area contributed by atoms with Crippen molar-refractivity contribution in [2.75, 3.05) is 6.61 Å². The summed E-state index contributed by atoms with van der Waals surface area (Å²) >= 11 is 0. The van der Waals surface area contributed by atoms with Crippen LogP contribution in [0, 0.1) is 18.6 Å². The van der Waals surface area contributed by atoms with E-state index in [1.54, 1.807) is 32.2 Å². The fraction of sp³-hybridized carbons (Fsp3) is 0.227. The maximum atomic E-state index is 14.8. The molecule has 0 saturated heterocycles. The lowest BCUT2D eigenvalue weighted by Crippen LogP contribution is -2.25. The third-order valence-corrected chi connectivity index (χ3v) is 4.72. The van der Waals surface area contributed by atoms with E-state index >= 15 is 0 Å². The molecule has 0 unspecified atom stereocenters. The first-order valence-electron chi connectivity index (χ1n) is 9.28. The van der Waals surface area contributed by atoms with Gasteiger partial charge in [0.1, 0.15) is 11.6 Å². The minimum atomic E-state index is -1.33. The van der Waals surface area contributed by atoms with Gasteiger partial charge in [0, 0.05) is 22.5 Å². The van der Waals surface area contributed by atoms with Gasteiger partial charge >= 0.3 is 6.09 Å². The predicted molar refractivity (Wildman–Crippen MR) is 107 cm³/mol. The fourth-order valence-corrected chi connectivity index (χ4v) is 3.35. The summed E-state index contributed by atoms with van der Waals surface area (Å²) in [5.41, 5.74) is 0.147. The first kappa shape index (κ1) is 21.2. The molecule has 0 radical (unpaired) electrons. The zero-order valence-electron chi connectivity index (χ0n) is 16.6. The number of ether oxygens (including phenoxy) is 1. The molecule has 30 heavy (non-hydrogen) atoms. The normalized spacial score (nSPS) is 11.9. The van der Waals surface area contributed by atoms with Crippen LogP contribution in [0.15, 0.2) is 36.5 Å². The molecule has 156 valence electrons. The maximum Gasteiger partial charge on any atom is 0.405 e. The summed E-state index contributed by atoms with van der Waals surface area (Å²) in [6.07, 6.45) is 0.215. The van der Waals surface area contributed by atoms with E-state index in [0.717, 1.165) is 12.1 Å². The third kappa shape index (κ3) is 3.94. The number of benzene rings is 2. The summed E-state index contributed by atoms with van der Waals surface area (Å²) in [6, 6.07) is 5.89. The molecule has 0 spiro atoms. The minimum absolute atomic E-state index is 0.0703. The van der Waals surface area contributed by atoms with Gasteiger partial charge in [-0.1, -0.05) is 12.1 Å². The first-order chi connectivity index (χ1) is 14.2. The molecule has 2 aromatic carbocycles. The highest BCUT2D eigenvalue weighted by atomic mass is 19.1. The molecule has 1 aromatic heterocycles. The van der Waals surface area contributed by atoms with Gasteiger partial charge in [0.15, 0.2) is 5.78 Å². The van der Waals surface area contributed by atoms with E-state index in [4.69, 9.17) is 9.84 Å². The number of carboxylic acid groups (broad SMARTS) is 1. The number of fused-ring (bicyclic) bond motifs is 1. The molecule has 1 heterocycles. The number of nitrogens with zero attached hydrogens (tertiary/aromatic N) is 1. The average molecular weight is 414 g/mol. The van der Waals surface area contributed by atoms with Crippen LogP contribution in [0.1, 0.15) is 46.9 Å². The molecule has 3 rings (SSSR count). The second-order valence-corrected chi connectivity index (χ2v) is 6.77. The number of carbonyl (C=O) groups excluding carboxylic acids is 1. The number of amides is 1. The standard InChI is InChI=1S/C22H20F2N2O4/c1-4-30-21-15-7-5-6-14(18(15)11(2)10-25-21)20(27)19-16(23)8-13(9-17(19)24)12(3)26-22(28)29/h5-10,12,26H,4H2,1-3H3,(H,28,29)/t12-/m0/s1. The van der Waals surface area contributed by atoms with Crippen LogP contribution in [0.4, 0.5) is 13.6 Å². The van der Waals surface area contributed by atoms with Crippen LogP contribution < -0.4 is 10.1 Å². The van der Waals surface area contributed by atoms with E-state index < -0.39 is 35.1 Å². The van der Waals surface area contributed by atoms with Crippen LogP contribution in [-0.4, -0.2) is 28.6 Å². The molecule has 3 aromatic rings. The topological polar surface area (TPSA) is 88.5 Å². The zero-order valence-corrected chi connectivity index (χ0v) is 16.6. The molecule has 0 saturated carbocycles. The van der Waals surface area contributed by atoms with Crippen molar-refractivity contribution >= 4 is 22.6 Å². The molecule has 1 amide bonds. The second kappa shape index (κ2) is 8.44. The largest absolute Gasteiger partial charge is 0.478 e.